The first-order chi connectivity index (χ1) is 10.9. The van der Waals surface area contributed by atoms with Crippen molar-refractivity contribution in [3.63, 3.8) is 0 Å². The maximum atomic E-state index is 9.50. The number of aliphatic carboxylic acids is 6. The molecule has 0 bridgehead atoms. The number of carboxylic acid groups (broad SMARTS) is 6. The topological polar surface area (TPSA) is 241 Å². The van der Waals surface area contributed by atoms with Crippen molar-refractivity contribution in [3.8, 4) is 0 Å². The van der Waals surface area contributed by atoms with Crippen molar-refractivity contribution in [1.82, 2.24) is 0 Å². The molecule has 0 N–H and O–H groups in total. The van der Waals surface area contributed by atoms with Crippen LogP contribution in [0.25, 0.3) is 0 Å². The van der Waals surface area contributed by atoms with E-state index < -0.39 is 74.3 Å². The summed E-state index contributed by atoms with van der Waals surface area (Å²) >= 11 is 0. The van der Waals surface area contributed by atoms with Crippen LogP contribution in [0.3, 0.4) is 0 Å². The number of carbonyl (C=O) groups is 6. The number of carbonyl (C=O) groups excluding carboxylic acids is 6. The predicted molar refractivity (Wildman–Crippen MR) is 57.7 cm³/mol. The van der Waals surface area contributed by atoms with Gasteiger partial charge in [0.15, 0.2) is 0 Å². The van der Waals surface area contributed by atoms with Gasteiger partial charge in [-0.25, -0.2) is 0 Å². The molecule has 12 nitrogen and oxygen atoms in total. The summed E-state index contributed by atoms with van der Waals surface area (Å²) in [6.45, 7) is 0. The van der Waals surface area contributed by atoms with Gasteiger partial charge in [-0.1, -0.05) is 0 Å². The molecule has 0 aliphatic rings. The van der Waals surface area contributed by atoms with E-state index in [0.717, 1.165) is 0 Å². The molecular formula is C12H12O12V2-6. The largest absolute Gasteiger partial charge is 0.550 e. The zero-order valence-electron chi connectivity index (χ0n) is 13.0. The molecule has 0 aliphatic heterocycles. The molecule has 0 spiro atoms. The van der Waals surface area contributed by atoms with Crippen molar-refractivity contribution >= 4 is 35.8 Å². The molecule has 14 heteroatoms. The monoisotopic (exact) mass is 450 g/mol. The Bertz CT molecular complexity index is 355. The summed E-state index contributed by atoms with van der Waals surface area (Å²) in [5, 5.41) is 57.0. The van der Waals surface area contributed by atoms with Crippen LogP contribution in [0.15, 0.2) is 0 Å². The number of hydrogen-bond donors (Lipinski definition) is 0. The molecular weight excluding hydrogens is 438 g/mol. The summed E-state index contributed by atoms with van der Waals surface area (Å²) in [4.78, 5) is 57.0. The summed E-state index contributed by atoms with van der Waals surface area (Å²) in [6, 6.07) is 0. The van der Waals surface area contributed by atoms with Gasteiger partial charge in [0.05, 0.1) is 0 Å². The minimum Gasteiger partial charge on any atom is -0.550 e. The van der Waals surface area contributed by atoms with E-state index in [0.29, 0.717) is 0 Å². The van der Waals surface area contributed by atoms with Crippen molar-refractivity contribution in [2.75, 3.05) is 0 Å². The van der Waals surface area contributed by atoms with Crippen LogP contribution < -0.4 is 30.6 Å². The van der Waals surface area contributed by atoms with Gasteiger partial charge in [0.2, 0.25) is 0 Å². The third kappa shape index (κ3) is 57.4. The van der Waals surface area contributed by atoms with Gasteiger partial charge >= 0.3 is 0 Å². The molecule has 0 atom stereocenters. The fraction of sp³-hybridized carbons (Fsp3) is 0.500. The first kappa shape index (κ1) is 35.2. The van der Waals surface area contributed by atoms with E-state index in [4.69, 9.17) is 0 Å². The minimum absolute atomic E-state index is 0. The molecule has 0 saturated heterocycles. The standard InChI is InChI=1S/3C4H6O4.2V/c3*5-3(6)1-2-4(7)8;;/h3*1-2H2,(H,5,6)(H,7,8);;/p-6. The average Bonchev–Trinajstić information content (AvgIpc) is 2.42. The molecule has 0 rings (SSSR count). The average molecular weight is 450 g/mol. The second-order valence-corrected chi connectivity index (χ2v) is 3.73. The normalized spacial score (nSPS) is 7.85. The summed E-state index contributed by atoms with van der Waals surface area (Å²) in [7, 11) is 0. The summed E-state index contributed by atoms with van der Waals surface area (Å²) in [5.41, 5.74) is 0. The van der Waals surface area contributed by atoms with Crippen LogP contribution in [0.2, 0.25) is 0 Å². The van der Waals surface area contributed by atoms with Gasteiger partial charge in [-0.05, 0) is 38.5 Å². The Balaban J connectivity index is -0.0000000817. The number of rotatable bonds is 9. The molecule has 0 aromatic rings. The quantitative estimate of drug-likeness (QED) is 0.318. The third-order valence-corrected chi connectivity index (χ3v) is 1.60. The summed E-state index contributed by atoms with van der Waals surface area (Å²) < 4.78 is 0. The first-order valence-corrected chi connectivity index (χ1v) is 6.07. The molecule has 0 unspecified atom stereocenters. The van der Waals surface area contributed by atoms with Gasteiger partial charge in [-0.2, -0.15) is 0 Å². The third-order valence-electron chi connectivity index (χ3n) is 1.60. The molecule has 26 heavy (non-hydrogen) atoms. The molecule has 0 fully saturated rings. The molecule has 0 aliphatic carbocycles. The van der Waals surface area contributed by atoms with Crippen LogP contribution in [0.5, 0.6) is 0 Å². The van der Waals surface area contributed by atoms with Crippen molar-refractivity contribution in [2.24, 2.45) is 0 Å². The van der Waals surface area contributed by atoms with Crippen LogP contribution in [0.1, 0.15) is 38.5 Å². The van der Waals surface area contributed by atoms with Crippen LogP contribution in [0, 0.1) is 0 Å². The fourth-order valence-electron chi connectivity index (χ4n) is 0.612. The molecule has 0 aromatic carbocycles. The Labute approximate surface area is 171 Å². The van der Waals surface area contributed by atoms with Gasteiger partial charge in [0.1, 0.15) is 0 Å². The zero-order valence-corrected chi connectivity index (χ0v) is 15.8. The van der Waals surface area contributed by atoms with E-state index in [-0.39, 0.29) is 37.1 Å². The van der Waals surface area contributed by atoms with E-state index in [9.17, 15) is 59.4 Å². The molecule has 0 amide bonds. The number of carboxylic acids is 6. The molecule has 148 valence electrons. The smallest absolute Gasteiger partial charge is 0.0418 e. The molecule has 0 aromatic heterocycles. The molecule has 0 saturated carbocycles. The Kier molecular flexibility index (Phi) is 31.1. The van der Waals surface area contributed by atoms with E-state index >= 15 is 0 Å². The molecule has 0 heterocycles. The SMILES string of the molecule is O=C([O-])CCC(=O)[O-].O=C([O-])CCC(=O)[O-].O=C([O-])CCC(=O)[O-].[V].[V]. The van der Waals surface area contributed by atoms with Gasteiger partial charge in [-0.3, -0.25) is 0 Å². The van der Waals surface area contributed by atoms with Crippen molar-refractivity contribution in [1.29, 1.82) is 0 Å². The van der Waals surface area contributed by atoms with Crippen molar-refractivity contribution in [2.45, 2.75) is 38.5 Å². The van der Waals surface area contributed by atoms with E-state index in [1.165, 1.54) is 0 Å². The van der Waals surface area contributed by atoms with E-state index in [1.807, 2.05) is 0 Å². The van der Waals surface area contributed by atoms with E-state index in [2.05, 4.69) is 0 Å². The Morgan fingerprint density at radius 2 is 0.423 bits per heavy atom. The summed E-state index contributed by atoms with van der Waals surface area (Å²) in [6.07, 6.45) is -2.82. The van der Waals surface area contributed by atoms with Gasteiger partial charge in [0, 0.05) is 72.9 Å². The predicted octanol–water partition coefficient (Wildman–Crippen LogP) is -8.21. The van der Waals surface area contributed by atoms with Crippen LogP contribution in [-0.2, 0) is 65.9 Å². The second-order valence-electron chi connectivity index (χ2n) is 3.73. The number of hydrogen-bond acceptors (Lipinski definition) is 12. The Hall–Kier alpha value is -2.01. The van der Waals surface area contributed by atoms with Crippen molar-refractivity contribution < 1.29 is 96.5 Å². The zero-order chi connectivity index (χ0) is 19.7. The Morgan fingerprint density at radius 3 is 0.462 bits per heavy atom. The Morgan fingerprint density at radius 1 is 0.346 bits per heavy atom. The maximum Gasteiger partial charge on any atom is 0.0418 e. The minimum atomic E-state index is -1.37. The van der Waals surface area contributed by atoms with Crippen molar-refractivity contribution in [3.05, 3.63) is 0 Å². The summed E-state index contributed by atoms with van der Waals surface area (Å²) in [5.74, 6) is -8.20. The fourth-order valence-corrected chi connectivity index (χ4v) is 0.612. The van der Waals surface area contributed by atoms with Gasteiger partial charge in [0.25, 0.3) is 0 Å². The first-order valence-electron chi connectivity index (χ1n) is 6.07. The van der Waals surface area contributed by atoms with E-state index in [1.54, 1.807) is 0 Å². The maximum absolute atomic E-state index is 9.50. The van der Waals surface area contributed by atoms with Crippen LogP contribution in [0.4, 0.5) is 0 Å². The van der Waals surface area contributed by atoms with Gasteiger partial charge < -0.3 is 59.4 Å². The molecule has 2 radical (unpaired) electrons. The van der Waals surface area contributed by atoms with Gasteiger partial charge in [-0.15, -0.1) is 0 Å². The second kappa shape index (κ2) is 23.0. The van der Waals surface area contributed by atoms with Crippen LogP contribution >= 0.6 is 0 Å². The van der Waals surface area contributed by atoms with Crippen LogP contribution in [-0.4, -0.2) is 35.8 Å².